The van der Waals surface area contributed by atoms with Crippen LogP contribution in [0.5, 0.6) is 0 Å². The molecule has 0 aliphatic heterocycles. The van der Waals surface area contributed by atoms with Crippen LogP contribution in [0.2, 0.25) is 0 Å². The molecule has 1 aliphatic rings. The van der Waals surface area contributed by atoms with Crippen molar-refractivity contribution in [2.75, 3.05) is 5.32 Å². The van der Waals surface area contributed by atoms with Crippen molar-refractivity contribution in [3.05, 3.63) is 29.8 Å². The van der Waals surface area contributed by atoms with Crippen LogP contribution >= 0.6 is 0 Å². The van der Waals surface area contributed by atoms with Gasteiger partial charge in [-0.05, 0) is 31.9 Å². The van der Waals surface area contributed by atoms with Crippen LogP contribution in [-0.2, 0) is 4.79 Å². The highest BCUT2D eigenvalue weighted by Crippen LogP contribution is 2.27. The summed E-state index contributed by atoms with van der Waals surface area (Å²) in [6.45, 7) is 1.51. The van der Waals surface area contributed by atoms with E-state index in [1.54, 1.807) is 24.3 Å². The van der Waals surface area contributed by atoms with Gasteiger partial charge >= 0.3 is 0 Å². The van der Waals surface area contributed by atoms with E-state index < -0.39 is 0 Å². The van der Waals surface area contributed by atoms with Gasteiger partial charge in [0.15, 0.2) is 5.78 Å². The Hall–Kier alpha value is -1.68. The van der Waals surface area contributed by atoms with Crippen LogP contribution in [0, 0.1) is 5.92 Å². The van der Waals surface area contributed by atoms with Crippen LogP contribution in [0.25, 0.3) is 0 Å². The zero-order valence-corrected chi connectivity index (χ0v) is 9.77. The molecule has 0 saturated heterocycles. The normalized spacial score (nSPS) is 22.7. The van der Waals surface area contributed by atoms with Gasteiger partial charge in [0, 0.05) is 23.2 Å². The lowest BCUT2D eigenvalue weighted by atomic mass is 9.80. The number of nitrogens with two attached hydrogens (primary N) is 1. The second-order valence-corrected chi connectivity index (χ2v) is 4.55. The second kappa shape index (κ2) is 4.67. The van der Waals surface area contributed by atoms with Gasteiger partial charge in [-0.15, -0.1) is 0 Å². The Balaban J connectivity index is 2.01. The molecule has 0 aromatic heterocycles. The van der Waals surface area contributed by atoms with E-state index in [0.29, 0.717) is 11.3 Å². The van der Waals surface area contributed by atoms with E-state index in [1.807, 2.05) is 0 Å². The van der Waals surface area contributed by atoms with Crippen molar-refractivity contribution in [3.63, 3.8) is 0 Å². The summed E-state index contributed by atoms with van der Waals surface area (Å²) in [4.78, 5) is 23.0. The van der Waals surface area contributed by atoms with Crippen LogP contribution in [0.15, 0.2) is 24.3 Å². The van der Waals surface area contributed by atoms with E-state index in [2.05, 4.69) is 5.32 Å². The summed E-state index contributed by atoms with van der Waals surface area (Å²) in [7, 11) is 0. The lowest BCUT2D eigenvalue weighted by Crippen LogP contribution is -2.42. The number of nitrogens with one attached hydrogen (secondary N) is 1. The molecule has 0 atom stereocenters. The molecule has 90 valence electrons. The highest BCUT2D eigenvalue weighted by molar-refractivity contribution is 5.97. The van der Waals surface area contributed by atoms with Crippen molar-refractivity contribution in [1.29, 1.82) is 0 Å². The summed E-state index contributed by atoms with van der Waals surface area (Å²) < 4.78 is 0. The van der Waals surface area contributed by atoms with Crippen LogP contribution in [0.4, 0.5) is 5.69 Å². The van der Waals surface area contributed by atoms with E-state index >= 15 is 0 Å². The molecule has 0 unspecified atom stereocenters. The van der Waals surface area contributed by atoms with Crippen molar-refractivity contribution in [2.24, 2.45) is 11.7 Å². The van der Waals surface area contributed by atoms with Gasteiger partial charge < -0.3 is 11.1 Å². The Labute approximate surface area is 100 Å². The lowest BCUT2D eigenvalue weighted by molar-refractivity contribution is -0.122. The van der Waals surface area contributed by atoms with Gasteiger partial charge in [0.1, 0.15) is 0 Å². The fourth-order valence-electron chi connectivity index (χ4n) is 1.94. The molecule has 17 heavy (non-hydrogen) atoms. The minimum Gasteiger partial charge on any atom is -0.328 e. The minimum atomic E-state index is -0.00762. The van der Waals surface area contributed by atoms with Gasteiger partial charge in [-0.25, -0.2) is 0 Å². The smallest absolute Gasteiger partial charge is 0.227 e. The number of ketones is 1. The predicted molar refractivity (Wildman–Crippen MR) is 65.8 cm³/mol. The van der Waals surface area contributed by atoms with Crippen molar-refractivity contribution < 1.29 is 9.59 Å². The third-order valence-corrected chi connectivity index (χ3v) is 3.08. The largest absolute Gasteiger partial charge is 0.328 e. The number of Topliss-reactive ketones (excluding diaryl/α,β-unsaturated/α-hetero) is 1. The minimum absolute atomic E-state index is 0.00704. The van der Waals surface area contributed by atoms with E-state index in [-0.39, 0.29) is 23.7 Å². The number of carbonyl (C=O) groups is 2. The summed E-state index contributed by atoms with van der Waals surface area (Å²) in [6, 6.07) is 7.13. The molecule has 0 heterocycles. The third-order valence-electron chi connectivity index (χ3n) is 3.08. The summed E-state index contributed by atoms with van der Waals surface area (Å²) in [5.74, 6) is 0.00477. The van der Waals surface area contributed by atoms with Crippen LogP contribution in [0.3, 0.4) is 0 Å². The topological polar surface area (TPSA) is 72.2 Å². The zero-order chi connectivity index (χ0) is 12.4. The number of carbonyl (C=O) groups excluding carboxylic acids is 2. The molecule has 1 fully saturated rings. The van der Waals surface area contributed by atoms with Gasteiger partial charge in [0.25, 0.3) is 0 Å². The zero-order valence-electron chi connectivity index (χ0n) is 9.77. The second-order valence-electron chi connectivity index (χ2n) is 4.55. The Kier molecular flexibility index (Phi) is 3.24. The molecule has 4 heteroatoms. The predicted octanol–water partition coefficient (Wildman–Crippen LogP) is 1.56. The number of rotatable bonds is 3. The van der Waals surface area contributed by atoms with E-state index in [0.717, 1.165) is 12.8 Å². The highest BCUT2D eigenvalue weighted by atomic mass is 16.2. The lowest BCUT2D eigenvalue weighted by Gasteiger charge is -2.31. The van der Waals surface area contributed by atoms with Gasteiger partial charge in [0.05, 0.1) is 0 Å². The number of hydrogen-bond acceptors (Lipinski definition) is 3. The van der Waals surface area contributed by atoms with E-state index in [1.165, 1.54) is 6.92 Å². The Morgan fingerprint density at radius 2 is 2.06 bits per heavy atom. The maximum Gasteiger partial charge on any atom is 0.227 e. The average Bonchev–Trinajstić information content (AvgIpc) is 2.25. The quantitative estimate of drug-likeness (QED) is 0.777. The van der Waals surface area contributed by atoms with Crippen molar-refractivity contribution in [2.45, 2.75) is 25.8 Å². The number of anilines is 1. The summed E-state index contributed by atoms with van der Waals surface area (Å²) >= 11 is 0. The SMILES string of the molecule is CC(=O)c1cccc(NC(=O)C2CC(N)C2)c1. The number of amides is 1. The average molecular weight is 232 g/mol. The first-order valence-corrected chi connectivity index (χ1v) is 5.73. The molecule has 0 bridgehead atoms. The van der Waals surface area contributed by atoms with Crippen LogP contribution in [-0.4, -0.2) is 17.7 Å². The van der Waals surface area contributed by atoms with E-state index in [4.69, 9.17) is 5.73 Å². The first kappa shape index (κ1) is 11.8. The molecule has 0 spiro atoms. The van der Waals surface area contributed by atoms with Crippen molar-refractivity contribution in [1.82, 2.24) is 0 Å². The van der Waals surface area contributed by atoms with Crippen molar-refractivity contribution in [3.8, 4) is 0 Å². The summed E-state index contributed by atoms with van der Waals surface area (Å²) in [5, 5.41) is 2.81. The molecule has 4 nitrogen and oxygen atoms in total. The van der Waals surface area contributed by atoms with Gasteiger partial charge in [0.2, 0.25) is 5.91 Å². The molecule has 1 saturated carbocycles. The van der Waals surface area contributed by atoms with Crippen LogP contribution in [0.1, 0.15) is 30.1 Å². The standard InChI is InChI=1S/C13H16N2O2/c1-8(16)9-3-2-4-12(7-9)15-13(17)10-5-11(14)6-10/h2-4,7,10-11H,5-6,14H2,1H3,(H,15,17). The fraction of sp³-hybridized carbons (Fsp3) is 0.385. The van der Waals surface area contributed by atoms with Gasteiger partial charge in [-0.2, -0.15) is 0 Å². The molecule has 1 aliphatic carbocycles. The molecular weight excluding hydrogens is 216 g/mol. The maximum absolute atomic E-state index is 11.8. The summed E-state index contributed by atoms with van der Waals surface area (Å²) in [6.07, 6.45) is 1.50. The fourth-order valence-corrected chi connectivity index (χ4v) is 1.94. The molecule has 2 rings (SSSR count). The number of hydrogen-bond donors (Lipinski definition) is 2. The Bertz CT molecular complexity index is 450. The maximum atomic E-state index is 11.8. The van der Waals surface area contributed by atoms with Crippen molar-refractivity contribution >= 4 is 17.4 Å². The first-order chi connectivity index (χ1) is 8.06. The molecular formula is C13H16N2O2. The monoisotopic (exact) mass is 232 g/mol. The van der Waals surface area contributed by atoms with Crippen LogP contribution < -0.4 is 11.1 Å². The molecule has 0 radical (unpaired) electrons. The first-order valence-electron chi connectivity index (χ1n) is 5.73. The molecule has 3 N–H and O–H groups in total. The Morgan fingerprint density at radius 1 is 1.35 bits per heavy atom. The van der Waals surface area contributed by atoms with Gasteiger partial charge in [-0.3, -0.25) is 9.59 Å². The van der Waals surface area contributed by atoms with Gasteiger partial charge in [-0.1, -0.05) is 12.1 Å². The molecule has 1 aromatic carbocycles. The molecule has 1 aromatic rings. The van der Waals surface area contributed by atoms with E-state index in [9.17, 15) is 9.59 Å². The number of benzene rings is 1. The summed E-state index contributed by atoms with van der Waals surface area (Å²) in [5.41, 5.74) is 6.91. The molecule has 1 amide bonds. The highest BCUT2D eigenvalue weighted by Gasteiger charge is 2.31. The third kappa shape index (κ3) is 2.71. The Morgan fingerprint density at radius 3 is 2.65 bits per heavy atom.